The summed E-state index contributed by atoms with van der Waals surface area (Å²) >= 11 is 0. The fourth-order valence-corrected chi connectivity index (χ4v) is 3.20. The number of aliphatic imine (C=N–C) groups is 1. The van der Waals surface area contributed by atoms with Crippen LogP contribution in [0.25, 0.3) is 0 Å². The van der Waals surface area contributed by atoms with Crippen molar-refractivity contribution in [1.29, 1.82) is 0 Å². The Bertz CT molecular complexity index is 555. The highest BCUT2D eigenvalue weighted by molar-refractivity contribution is 14.0. The van der Waals surface area contributed by atoms with Crippen LogP contribution in [0.15, 0.2) is 23.3 Å². The third kappa shape index (κ3) is 3.68. The van der Waals surface area contributed by atoms with Gasteiger partial charge in [0.05, 0.1) is 12.1 Å². The lowest BCUT2D eigenvalue weighted by Gasteiger charge is -2.59. The zero-order chi connectivity index (χ0) is 16.5. The van der Waals surface area contributed by atoms with Crippen LogP contribution in [0.1, 0.15) is 32.9 Å². The molecule has 6 heteroatoms. The normalized spacial score (nSPS) is 26.2. The predicted molar refractivity (Wildman–Crippen MR) is 106 cm³/mol. The third-order valence-electron chi connectivity index (χ3n) is 5.61. The van der Waals surface area contributed by atoms with Gasteiger partial charge in [-0.05, 0) is 25.5 Å². The zero-order valence-electron chi connectivity index (χ0n) is 15.4. The monoisotopic (exact) mass is 434 g/mol. The second-order valence-corrected chi connectivity index (χ2v) is 7.07. The molecule has 0 aliphatic heterocycles. The Hall–Kier alpha value is -0.760. The molecule has 23 heavy (non-hydrogen) atoms. The first-order chi connectivity index (χ1) is 10.2. The number of halogens is 1. The fourth-order valence-electron chi connectivity index (χ4n) is 3.20. The molecular formula is C17H31IN4O. The molecule has 5 nitrogen and oxygen atoms in total. The van der Waals surface area contributed by atoms with E-state index < -0.39 is 0 Å². The van der Waals surface area contributed by atoms with Gasteiger partial charge in [-0.1, -0.05) is 13.8 Å². The van der Waals surface area contributed by atoms with E-state index in [4.69, 9.17) is 4.74 Å². The predicted octanol–water partition coefficient (Wildman–Crippen LogP) is 2.85. The van der Waals surface area contributed by atoms with E-state index in [1.807, 2.05) is 7.05 Å². The maximum Gasteiger partial charge on any atom is 0.193 e. The Kier molecular flexibility index (Phi) is 6.55. The molecular weight excluding hydrogens is 403 g/mol. The van der Waals surface area contributed by atoms with E-state index >= 15 is 0 Å². The van der Waals surface area contributed by atoms with Crippen LogP contribution in [0.3, 0.4) is 0 Å². The summed E-state index contributed by atoms with van der Waals surface area (Å²) in [5.41, 5.74) is 1.27. The Morgan fingerprint density at radius 3 is 2.57 bits per heavy atom. The second-order valence-electron chi connectivity index (χ2n) is 7.07. The largest absolute Gasteiger partial charge is 0.378 e. The smallest absolute Gasteiger partial charge is 0.193 e. The summed E-state index contributed by atoms with van der Waals surface area (Å²) in [7, 11) is 7.78. The van der Waals surface area contributed by atoms with E-state index in [0.717, 1.165) is 18.9 Å². The molecule has 132 valence electrons. The molecule has 1 saturated carbocycles. The standard InChI is InChI=1S/C17H30N4O.HI/c1-16(2)14(11-17(16,3)22-7)19-15(18-4)21(6)12-13-9-8-10-20(13)5;/h8-10,14H,11-12H2,1-7H3,(H,18,19);1H. The molecule has 2 atom stereocenters. The van der Waals surface area contributed by atoms with Crippen molar-refractivity contribution in [1.82, 2.24) is 14.8 Å². The maximum absolute atomic E-state index is 5.70. The number of hydrogen-bond donors (Lipinski definition) is 1. The quantitative estimate of drug-likeness (QED) is 0.450. The highest BCUT2D eigenvalue weighted by Gasteiger charge is 2.58. The number of aryl methyl sites for hydroxylation is 1. The summed E-state index contributed by atoms with van der Waals surface area (Å²) < 4.78 is 7.84. The van der Waals surface area contributed by atoms with E-state index in [-0.39, 0.29) is 35.0 Å². The van der Waals surface area contributed by atoms with Crippen LogP contribution in [-0.4, -0.2) is 48.3 Å². The van der Waals surface area contributed by atoms with Crippen molar-refractivity contribution >= 4 is 29.9 Å². The molecule has 0 aromatic carbocycles. The van der Waals surface area contributed by atoms with Gasteiger partial charge < -0.3 is 19.5 Å². The SMILES string of the molecule is CN=C(NC1CC(C)(OC)C1(C)C)N(C)Cc1cccn1C.I. The maximum atomic E-state index is 5.70. The summed E-state index contributed by atoms with van der Waals surface area (Å²) in [5, 5.41) is 3.60. The van der Waals surface area contributed by atoms with E-state index in [9.17, 15) is 0 Å². The molecule has 0 radical (unpaired) electrons. The minimum Gasteiger partial charge on any atom is -0.378 e. The first-order valence-corrected chi connectivity index (χ1v) is 7.85. The molecule has 2 unspecified atom stereocenters. The van der Waals surface area contributed by atoms with Gasteiger partial charge >= 0.3 is 0 Å². The Balaban J connectivity index is 0.00000264. The number of aromatic nitrogens is 1. The Morgan fingerprint density at radius 2 is 2.13 bits per heavy atom. The van der Waals surface area contributed by atoms with Crippen molar-refractivity contribution in [2.75, 3.05) is 21.2 Å². The lowest BCUT2D eigenvalue weighted by Crippen LogP contribution is -2.69. The minimum absolute atomic E-state index is 0. The van der Waals surface area contributed by atoms with Crippen molar-refractivity contribution in [2.24, 2.45) is 17.5 Å². The number of nitrogens with zero attached hydrogens (tertiary/aromatic N) is 3. The molecule has 0 spiro atoms. The summed E-state index contributed by atoms with van der Waals surface area (Å²) in [6.45, 7) is 7.52. The topological polar surface area (TPSA) is 41.8 Å². The van der Waals surface area contributed by atoms with Crippen molar-refractivity contribution in [3.63, 3.8) is 0 Å². The molecule has 1 aliphatic rings. The van der Waals surface area contributed by atoms with Gasteiger partial charge in [-0.25, -0.2) is 0 Å². The van der Waals surface area contributed by atoms with Gasteiger partial charge in [0.15, 0.2) is 5.96 Å². The molecule has 1 N–H and O–H groups in total. The van der Waals surface area contributed by atoms with Gasteiger partial charge in [-0.2, -0.15) is 0 Å². The van der Waals surface area contributed by atoms with E-state index in [2.05, 4.69) is 73.0 Å². The molecule has 2 rings (SSSR count). The van der Waals surface area contributed by atoms with Crippen LogP contribution in [0.5, 0.6) is 0 Å². The van der Waals surface area contributed by atoms with Crippen molar-refractivity contribution in [3.8, 4) is 0 Å². The van der Waals surface area contributed by atoms with E-state index in [1.54, 1.807) is 7.11 Å². The van der Waals surface area contributed by atoms with E-state index in [1.165, 1.54) is 5.69 Å². The number of methoxy groups -OCH3 is 1. The average Bonchev–Trinajstić information content (AvgIpc) is 2.88. The zero-order valence-corrected chi connectivity index (χ0v) is 17.7. The summed E-state index contributed by atoms with van der Waals surface area (Å²) in [6, 6.07) is 4.57. The second kappa shape index (κ2) is 7.42. The summed E-state index contributed by atoms with van der Waals surface area (Å²) in [4.78, 5) is 6.60. The summed E-state index contributed by atoms with van der Waals surface area (Å²) in [5.74, 6) is 0.928. The van der Waals surface area contributed by atoms with E-state index in [0.29, 0.717) is 6.04 Å². The molecule has 0 bridgehead atoms. The Morgan fingerprint density at radius 1 is 1.48 bits per heavy atom. The van der Waals surface area contributed by atoms with Crippen LogP contribution in [-0.2, 0) is 18.3 Å². The van der Waals surface area contributed by atoms with Gasteiger partial charge in [0.1, 0.15) is 0 Å². The fraction of sp³-hybridized carbons (Fsp3) is 0.706. The molecule has 1 heterocycles. The average molecular weight is 434 g/mol. The van der Waals surface area contributed by atoms with Crippen LogP contribution in [0, 0.1) is 5.41 Å². The van der Waals surface area contributed by atoms with Gasteiger partial charge in [0.2, 0.25) is 0 Å². The molecule has 1 aromatic rings. The molecule has 0 amide bonds. The minimum atomic E-state index is -0.0692. The number of rotatable bonds is 4. The molecule has 1 aromatic heterocycles. The van der Waals surface area contributed by atoms with Crippen LogP contribution in [0.4, 0.5) is 0 Å². The van der Waals surface area contributed by atoms with Crippen LogP contribution in [0.2, 0.25) is 0 Å². The third-order valence-corrected chi connectivity index (χ3v) is 5.61. The van der Waals surface area contributed by atoms with Crippen molar-refractivity contribution in [2.45, 2.75) is 45.4 Å². The Labute approximate surface area is 157 Å². The lowest BCUT2D eigenvalue weighted by atomic mass is 9.56. The number of ether oxygens (including phenoxy) is 1. The number of hydrogen-bond acceptors (Lipinski definition) is 2. The summed E-state index contributed by atoms with van der Waals surface area (Å²) in [6.07, 6.45) is 3.06. The van der Waals surface area contributed by atoms with Gasteiger partial charge in [0, 0.05) is 51.6 Å². The molecule has 1 fully saturated rings. The first-order valence-electron chi connectivity index (χ1n) is 7.85. The molecule has 1 aliphatic carbocycles. The van der Waals surface area contributed by atoms with Crippen LogP contribution >= 0.6 is 24.0 Å². The van der Waals surface area contributed by atoms with Crippen molar-refractivity contribution in [3.05, 3.63) is 24.0 Å². The van der Waals surface area contributed by atoms with Crippen molar-refractivity contribution < 1.29 is 4.74 Å². The van der Waals surface area contributed by atoms with Gasteiger partial charge in [-0.3, -0.25) is 4.99 Å². The number of guanidine groups is 1. The first kappa shape index (κ1) is 20.3. The lowest BCUT2D eigenvalue weighted by molar-refractivity contribution is -0.176. The molecule has 0 saturated heterocycles. The highest BCUT2D eigenvalue weighted by atomic mass is 127. The van der Waals surface area contributed by atoms with Gasteiger partial charge in [-0.15, -0.1) is 24.0 Å². The highest BCUT2D eigenvalue weighted by Crippen LogP contribution is 2.51. The van der Waals surface area contributed by atoms with Crippen LogP contribution < -0.4 is 5.32 Å². The number of nitrogens with one attached hydrogen (secondary N) is 1. The van der Waals surface area contributed by atoms with Gasteiger partial charge in [0.25, 0.3) is 0 Å².